The Hall–Kier alpha value is -2.12. The number of halogens is 2. The Kier molecular flexibility index (Phi) is 4.47. The van der Waals surface area contributed by atoms with Crippen LogP contribution in [0.4, 0.5) is 17.6 Å². The quantitative estimate of drug-likeness (QED) is 0.605. The first kappa shape index (κ1) is 17.7. The Labute approximate surface area is 154 Å². The molecule has 1 aromatic heterocycles. The van der Waals surface area contributed by atoms with Crippen LogP contribution in [0.25, 0.3) is 0 Å². The summed E-state index contributed by atoms with van der Waals surface area (Å²) in [6.07, 6.45) is 0.349. The van der Waals surface area contributed by atoms with Crippen LogP contribution in [0.1, 0.15) is 24.7 Å². The van der Waals surface area contributed by atoms with E-state index in [4.69, 9.17) is 33.7 Å². The van der Waals surface area contributed by atoms with Crippen molar-refractivity contribution >= 4 is 46.8 Å². The van der Waals surface area contributed by atoms with E-state index in [0.717, 1.165) is 11.3 Å². The van der Waals surface area contributed by atoms with Crippen LogP contribution in [0, 0.1) is 12.3 Å². The Morgan fingerprint density at radius 1 is 1.28 bits per heavy atom. The summed E-state index contributed by atoms with van der Waals surface area (Å²) in [7, 11) is 0. The fraction of sp³-hybridized carbons (Fsp3) is 0.375. The van der Waals surface area contributed by atoms with Gasteiger partial charge in [-0.3, -0.25) is 4.79 Å². The smallest absolute Gasteiger partial charge is 0.315 e. The normalized spacial score (nSPS) is 20.8. The molecule has 3 rings (SSSR count). The second kappa shape index (κ2) is 6.31. The number of nitrogen functional groups attached to an aromatic ring is 1. The minimum atomic E-state index is -1.08. The maximum absolute atomic E-state index is 12.1. The van der Waals surface area contributed by atoms with E-state index in [-0.39, 0.29) is 24.3 Å². The molecule has 0 unspecified atom stereocenters. The summed E-state index contributed by atoms with van der Waals surface area (Å²) in [5.74, 6) is 0.0281. The summed E-state index contributed by atoms with van der Waals surface area (Å²) in [4.78, 5) is 24.3. The first-order chi connectivity index (χ1) is 11.7. The number of aromatic nitrogens is 3. The second-order valence-electron chi connectivity index (χ2n) is 6.21. The van der Waals surface area contributed by atoms with Crippen molar-refractivity contribution in [3.63, 3.8) is 0 Å². The van der Waals surface area contributed by atoms with E-state index >= 15 is 0 Å². The number of hydrogen-bond acceptors (Lipinski definition) is 7. The van der Waals surface area contributed by atoms with E-state index in [1.165, 1.54) is 0 Å². The van der Waals surface area contributed by atoms with Crippen molar-refractivity contribution in [1.82, 2.24) is 15.0 Å². The number of hydrogen-bond donors (Lipinski definition) is 2. The van der Waals surface area contributed by atoms with Gasteiger partial charge in [0.05, 0.1) is 0 Å². The minimum absolute atomic E-state index is 0.0253. The number of alkyl halides is 2. The molecule has 1 saturated carbocycles. The number of nitrogens with one attached hydrogen (secondary N) is 1. The third-order valence-electron chi connectivity index (χ3n) is 4.05. The number of rotatable bonds is 5. The standard InChI is InChI=1S/C16H17Cl2N5O2/c1-9-3-5-10(6-4-9)20-14-22-11(21-13(19)23-14)7-25-12(24)15(2)8-16(15,17)18/h3-6H,7-8H2,1-2H3,(H3,19,20,21,22,23)/t15-/m1/s1. The molecule has 0 spiro atoms. The van der Waals surface area contributed by atoms with Crippen LogP contribution in [-0.4, -0.2) is 25.3 Å². The zero-order valence-electron chi connectivity index (χ0n) is 13.7. The zero-order valence-corrected chi connectivity index (χ0v) is 15.2. The van der Waals surface area contributed by atoms with Crippen LogP contribution >= 0.6 is 23.2 Å². The average molecular weight is 382 g/mol. The lowest BCUT2D eigenvalue weighted by molar-refractivity contribution is -0.151. The van der Waals surface area contributed by atoms with Crippen LogP contribution in [0.5, 0.6) is 0 Å². The lowest BCUT2D eigenvalue weighted by atomic mass is 10.1. The van der Waals surface area contributed by atoms with Crippen LogP contribution in [0.15, 0.2) is 24.3 Å². The first-order valence-corrected chi connectivity index (χ1v) is 8.34. The number of aryl methyl sites for hydroxylation is 1. The lowest BCUT2D eigenvalue weighted by Gasteiger charge is -2.12. The molecule has 2 aromatic rings. The predicted octanol–water partition coefficient (Wildman–Crippen LogP) is 3.13. The van der Waals surface area contributed by atoms with Crippen LogP contribution < -0.4 is 11.1 Å². The second-order valence-corrected chi connectivity index (χ2v) is 7.70. The van der Waals surface area contributed by atoms with Crippen LogP contribution in [0.3, 0.4) is 0 Å². The summed E-state index contributed by atoms with van der Waals surface area (Å²) < 4.78 is 4.14. The molecule has 25 heavy (non-hydrogen) atoms. The molecular weight excluding hydrogens is 365 g/mol. The third kappa shape index (κ3) is 3.77. The number of anilines is 3. The van der Waals surface area contributed by atoms with Gasteiger partial charge in [-0.2, -0.15) is 15.0 Å². The molecule has 0 bridgehead atoms. The first-order valence-electron chi connectivity index (χ1n) is 7.59. The van der Waals surface area contributed by atoms with Gasteiger partial charge in [-0.15, -0.1) is 23.2 Å². The minimum Gasteiger partial charge on any atom is -0.457 e. The van der Waals surface area contributed by atoms with E-state index in [9.17, 15) is 4.79 Å². The number of benzene rings is 1. The average Bonchev–Trinajstić information content (AvgIpc) is 3.06. The molecule has 7 nitrogen and oxygen atoms in total. The number of nitrogens with zero attached hydrogens (tertiary/aromatic N) is 3. The number of nitrogens with two attached hydrogens (primary N) is 1. The molecule has 0 radical (unpaired) electrons. The molecule has 0 aliphatic heterocycles. The fourth-order valence-electron chi connectivity index (χ4n) is 2.24. The van der Waals surface area contributed by atoms with E-state index in [1.54, 1.807) is 6.92 Å². The summed E-state index contributed by atoms with van der Waals surface area (Å²) in [6.45, 7) is 3.50. The van der Waals surface area contributed by atoms with Gasteiger partial charge >= 0.3 is 5.97 Å². The van der Waals surface area contributed by atoms with Crippen LogP contribution in [0.2, 0.25) is 0 Å². The Morgan fingerprint density at radius 3 is 2.52 bits per heavy atom. The number of esters is 1. The van der Waals surface area contributed by atoms with Gasteiger partial charge in [-0.25, -0.2) is 0 Å². The van der Waals surface area contributed by atoms with Gasteiger partial charge in [-0.05, 0) is 26.0 Å². The number of carbonyl (C=O) groups is 1. The Bertz CT molecular complexity index is 813. The summed E-state index contributed by atoms with van der Waals surface area (Å²) in [5, 5.41) is 3.03. The van der Waals surface area contributed by atoms with Gasteiger partial charge in [0, 0.05) is 12.1 Å². The summed E-state index contributed by atoms with van der Waals surface area (Å²) >= 11 is 11.9. The topological polar surface area (TPSA) is 103 Å². The maximum atomic E-state index is 12.1. The third-order valence-corrected chi connectivity index (χ3v) is 5.15. The highest BCUT2D eigenvalue weighted by Crippen LogP contribution is 2.64. The van der Waals surface area contributed by atoms with E-state index in [1.807, 2.05) is 31.2 Å². The van der Waals surface area contributed by atoms with E-state index in [0.29, 0.717) is 6.42 Å². The molecule has 9 heteroatoms. The molecule has 1 heterocycles. The SMILES string of the molecule is Cc1ccc(Nc2nc(N)nc(COC(=O)[C@@]3(C)CC3(Cl)Cl)n2)cc1. The molecule has 132 valence electrons. The van der Waals surface area contributed by atoms with Gasteiger partial charge < -0.3 is 15.8 Å². The lowest BCUT2D eigenvalue weighted by Crippen LogP contribution is -2.21. The van der Waals surface area contributed by atoms with Gasteiger partial charge in [0.15, 0.2) is 12.4 Å². The molecule has 1 aromatic carbocycles. The van der Waals surface area contributed by atoms with Crippen molar-refractivity contribution in [1.29, 1.82) is 0 Å². The molecule has 1 aliphatic rings. The molecular formula is C16H17Cl2N5O2. The van der Waals surface area contributed by atoms with Crippen molar-refractivity contribution in [2.45, 2.75) is 31.2 Å². The van der Waals surface area contributed by atoms with Gasteiger partial charge in [-0.1, -0.05) is 17.7 Å². The highest BCUT2D eigenvalue weighted by atomic mass is 35.5. The molecule has 0 amide bonds. The van der Waals surface area contributed by atoms with Crippen molar-refractivity contribution < 1.29 is 9.53 Å². The van der Waals surface area contributed by atoms with E-state index < -0.39 is 15.7 Å². The Balaban J connectivity index is 1.67. The molecule has 3 N–H and O–H groups in total. The molecule has 1 atom stereocenters. The largest absolute Gasteiger partial charge is 0.457 e. The number of carbonyl (C=O) groups excluding carboxylic acids is 1. The number of ether oxygens (including phenoxy) is 1. The zero-order chi connectivity index (χ0) is 18.2. The van der Waals surface area contributed by atoms with Crippen molar-refractivity contribution in [3.05, 3.63) is 35.7 Å². The maximum Gasteiger partial charge on any atom is 0.315 e. The van der Waals surface area contributed by atoms with Crippen LogP contribution in [-0.2, 0) is 16.1 Å². The van der Waals surface area contributed by atoms with E-state index in [2.05, 4.69) is 20.3 Å². The molecule has 1 fully saturated rings. The Morgan fingerprint density at radius 2 is 1.92 bits per heavy atom. The molecule has 1 aliphatic carbocycles. The van der Waals surface area contributed by atoms with Crippen molar-refractivity contribution in [3.8, 4) is 0 Å². The fourth-order valence-corrected chi connectivity index (χ4v) is 2.92. The van der Waals surface area contributed by atoms with Gasteiger partial charge in [0.2, 0.25) is 11.9 Å². The highest BCUT2D eigenvalue weighted by Gasteiger charge is 2.69. The predicted molar refractivity (Wildman–Crippen MR) is 95.7 cm³/mol. The van der Waals surface area contributed by atoms with Crippen molar-refractivity contribution in [2.75, 3.05) is 11.1 Å². The van der Waals surface area contributed by atoms with Gasteiger partial charge in [0.1, 0.15) is 9.75 Å². The monoisotopic (exact) mass is 381 g/mol. The molecule has 0 saturated heterocycles. The summed E-state index contributed by atoms with van der Waals surface area (Å²) in [6, 6.07) is 7.69. The van der Waals surface area contributed by atoms with Crippen molar-refractivity contribution in [2.24, 2.45) is 5.41 Å². The van der Waals surface area contributed by atoms with Gasteiger partial charge in [0.25, 0.3) is 0 Å². The summed E-state index contributed by atoms with van der Waals surface area (Å²) in [5.41, 5.74) is 6.73. The highest BCUT2D eigenvalue weighted by molar-refractivity contribution is 6.53.